The number of rotatable bonds is 5. The van der Waals surface area contributed by atoms with Gasteiger partial charge < -0.3 is 10.2 Å². The first-order valence-corrected chi connectivity index (χ1v) is 9.84. The highest BCUT2D eigenvalue weighted by Crippen LogP contribution is 2.23. The molecule has 0 spiro atoms. The van der Waals surface area contributed by atoms with E-state index >= 15 is 0 Å². The van der Waals surface area contributed by atoms with Crippen LogP contribution in [0.25, 0.3) is 0 Å². The molecule has 0 aromatic heterocycles. The number of aryl methyl sites for hydroxylation is 1. The number of piperidine rings is 1. The average Bonchev–Trinajstić information content (AvgIpc) is 2.72. The van der Waals surface area contributed by atoms with E-state index in [2.05, 4.69) is 35.7 Å². The zero-order valence-electron chi connectivity index (χ0n) is 16.6. The lowest BCUT2D eigenvalue weighted by atomic mass is 9.90. The summed E-state index contributed by atoms with van der Waals surface area (Å²) in [5.41, 5.74) is 4.71. The van der Waals surface area contributed by atoms with Crippen molar-refractivity contribution in [3.8, 4) is 6.07 Å². The minimum Gasteiger partial charge on any atom is -0.360 e. The maximum absolute atomic E-state index is 12.8. The third-order valence-electron chi connectivity index (χ3n) is 5.60. The van der Waals surface area contributed by atoms with E-state index in [0.29, 0.717) is 19.0 Å². The molecular weight excluding hydrogens is 346 g/mol. The number of nitrogens with zero attached hydrogens (tertiary/aromatic N) is 2. The molecule has 2 aromatic carbocycles. The number of hydrogen-bond donors (Lipinski definition) is 1. The summed E-state index contributed by atoms with van der Waals surface area (Å²) in [6, 6.07) is 18.5. The van der Waals surface area contributed by atoms with E-state index in [9.17, 15) is 10.1 Å². The molecule has 1 N–H and O–H groups in total. The van der Waals surface area contributed by atoms with Crippen molar-refractivity contribution in [2.45, 2.75) is 33.1 Å². The fourth-order valence-electron chi connectivity index (χ4n) is 3.66. The Labute approximate surface area is 167 Å². The van der Waals surface area contributed by atoms with E-state index in [0.717, 1.165) is 30.5 Å². The Hall–Kier alpha value is -3.06. The Kier molecular flexibility index (Phi) is 6.49. The highest BCUT2D eigenvalue weighted by molar-refractivity contribution is 5.97. The number of nitrogens with one attached hydrogen (secondary N) is 1. The molecule has 3 rings (SSSR count). The summed E-state index contributed by atoms with van der Waals surface area (Å²) in [5, 5.41) is 12.6. The quantitative estimate of drug-likeness (QED) is 0.615. The molecule has 1 saturated heterocycles. The lowest BCUT2D eigenvalue weighted by Gasteiger charge is -2.32. The van der Waals surface area contributed by atoms with Crippen LogP contribution in [0, 0.1) is 31.1 Å². The van der Waals surface area contributed by atoms with Gasteiger partial charge in [-0.25, -0.2) is 0 Å². The van der Waals surface area contributed by atoms with Crippen LogP contribution in [-0.2, 0) is 11.2 Å². The standard InChI is InChI=1S/C24H27N3O/c1-18-7-6-10-23(19(18)2)26-17-22(16-25)24(28)27-13-11-21(12-14-27)15-20-8-4-3-5-9-20/h3-10,17,21,26H,11-15H2,1-2H3/b22-17-. The lowest BCUT2D eigenvalue weighted by Crippen LogP contribution is -2.39. The van der Waals surface area contributed by atoms with Crippen molar-refractivity contribution in [2.24, 2.45) is 5.92 Å². The summed E-state index contributed by atoms with van der Waals surface area (Å²) in [4.78, 5) is 14.6. The monoisotopic (exact) mass is 373 g/mol. The fourth-order valence-corrected chi connectivity index (χ4v) is 3.66. The molecule has 1 aliphatic heterocycles. The lowest BCUT2D eigenvalue weighted by molar-refractivity contribution is -0.128. The first-order valence-electron chi connectivity index (χ1n) is 9.84. The topological polar surface area (TPSA) is 56.1 Å². The molecule has 0 radical (unpaired) electrons. The summed E-state index contributed by atoms with van der Waals surface area (Å²) in [6.07, 6.45) is 4.55. The molecule has 0 atom stereocenters. The Balaban J connectivity index is 1.58. The Bertz CT molecular complexity index is 888. The van der Waals surface area contributed by atoms with Crippen LogP contribution >= 0.6 is 0 Å². The molecule has 2 aromatic rings. The molecule has 0 bridgehead atoms. The highest BCUT2D eigenvalue weighted by atomic mass is 16.2. The minimum atomic E-state index is -0.182. The number of carbonyl (C=O) groups excluding carboxylic acids is 1. The summed E-state index contributed by atoms with van der Waals surface area (Å²) in [7, 11) is 0. The van der Waals surface area contributed by atoms with Crippen molar-refractivity contribution < 1.29 is 4.79 Å². The molecule has 4 heteroatoms. The van der Waals surface area contributed by atoms with Gasteiger partial charge in [-0.15, -0.1) is 0 Å². The van der Waals surface area contributed by atoms with E-state index in [1.165, 1.54) is 11.1 Å². The molecule has 4 nitrogen and oxygen atoms in total. The first-order chi connectivity index (χ1) is 13.6. The van der Waals surface area contributed by atoms with Gasteiger partial charge in [0.25, 0.3) is 5.91 Å². The van der Waals surface area contributed by atoms with E-state index in [-0.39, 0.29) is 11.5 Å². The van der Waals surface area contributed by atoms with E-state index in [1.54, 1.807) is 11.1 Å². The summed E-state index contributed by atoms with van der Waals surface area (Å²) < 4.78 is 0. The smallest absolute Gasteiger partial charge is 0.266 e. The molecular formula is C24H27N3O. The maximum atomic E-state index is 12.8. The molecule has 1 amide bonds. The van der Waals surface area contributed by atoms with Crippen molar-refractivity contribution in [3.05, 3.63) is 77.0 Å². The second kappa shape index (κ2) is 9.23. The number of likely N-dealkylation sites (tertiary alicyclic amines) is 1. The van der Waals surface area contributed by atoms with Gasteiger partial charge in [0.2, 0.25) is 0 Å². The van der Waals surface area contributed by atoms with Crippen molar-refractivity contribution in [1.82, 2.24) is 4.90 Å². The van der Waals surface area contributed by atoms with Crippen LogP contribution < -0.4 is 5.32 Å². The number of nitriles is 1. The average molecular weight is 374 g/mol. The van der Waals surface area contributed by atoms with Crippen LogP contribution in [0.5, 0.6) is 0 Å². The Morgan fingerprint density at radius 1 is 1.14 bits per heavy atom. The van der Waals surface area contributed by atoms with Gasteiger partial charge in [0, 0.05) is 25.0 Å². The van der Waals surface area contributed by atoms with Crippen LogP contribution in [0.3, 0.4) is 0 Å². The van der Waals surface area contributed by atoms with Crippen molar-refractivity contribution in [1.29, 1.82) is 5.26 Å². The van der Waals surface area contributed by atoms with Gasteiger partial charge in [-0.3, -0.25) is 4.79 Å². The molecule has 0 unspecified atom stereocenters. The van der Waals surface area contributed by atoms with E-state index in [4.69, 9.17) is 0 Å². The fraction of sp³-hybridized carbons (Fsp3) is 0.333. The second-order valence-corrected chi connectivity index (χ2v) is 7.49. The summed E-state index contributed by atoms with van der Waals surface area (Å²) in [6.45, 7) is 5.48. The number of carbonyl (C=O) groups is 1. The molecule has 28 heavy (non-hydrogen) atoms. The Morgan fingerprint density at radius 3 is 2.54 bits per heavy atom. The predicted octanol–water partition coefficient (Wildman–Crippen LogP) is 4.60. The number of benzene rings is 2. The largest absolute Gasteiger partial charge is 0.360 e. The number of amides is 1. The van der Waals surface area contributed by atoms with Gasteiger partial charge in [0.1, 0.15) is 11.6 Å². The molecule has 1 fully saturated rings. The van der Waals surface area contributed by atoms with E-state index in [1.807, 2.05) is 38.1 Å². The van der Waals surface area contributed by atoms with Crippen LogP contribution in [0.15, 0.2) is 60.3 Å². The van der Waals surface area contributed by atoms with E-state index < -0.39 is 0 Å². The Morgan fingerprint density at radius 2 is 1.86 bits per heavy atom. The third kappa shape index (κ3) is 4.80. The van der Waals surface area contributed by atoms with Crippen LogP contribution in [0.4, 0.5) is 5.69 Å². The van der Waals surface area contributed by atoms with Gasteiger partial charge in [-0.05, 0) is 61.8 Å². The zero-order valence-corrected chi connectivity index (χ0v) is 16.6. The summed E-state index contributed by atoms with van der Waals surface area (Å²) >= 11 is 0. The SMILES string of the molecule is Cc1cccc(N/C=C(/C#N)C(=O)N2CCC(Cc3ccccc3)CC2)c1C. The summed E-state index contributed by atoms with van der Waals surface area (Å²) in [5.74, 6) is 0.410. The molecule has 0 aliphatic carbocycles. The molecule has 144 valence electrons. The van der Waals surface area contributed by atoms with Gasteiger partial charge in [0.05, 0.1) is 0 Å². The van der Waals surface area contributed by atoms with Gasteiger partial charge >= 0.3 is 0 Å². The van der Waals surface area contributed by atoms with Crippen molar-refractivity contribution >= 4 is 11.6 Å². The van der Waals surface area contributed by atoms with Gasteiger partial charge in [-0.1, -0.05) is 42.5 Å². The van der Waals surface area contributed by atoms with Crippen LogP contribution in [0.2, 0.25) is 0 Å². The highest BCUT2D eigenvalue weighted by Gasteiger charge is 2.25. The van der Waals surface area contributed by atoms with Gasteiger partial charge in [-0.2, -0.15) is 5.26 Å². The first kappa shape index (κ1) is 19.7. The van der Waals surface area contributed by atoms with Gasteiger partial charge in [0.15, 0.2) is 0 Å². The predicted molar refractivity (Wildman–Crippen MR) is 113 cm³/mol. The zero-order chi connectivity index (χ0) is 19.9. The second-order valence-electron chi connectivity index (χ2n) is 7.49. The maximum Gasteiger partial charge on any atom is 0.266 e. The molecule has 0 saturated carbocycles. The molecule has 1 heterocycles. The third-order valence-corrected chi connectivity index (χ3v) is 5.60. The molecule has 1 aliphatic rings. The normalized spacial score (nSPS) is 15.2. The minimum absolute atomic E-state index is 0.155. The van der Waals surface area contributed by atoms with Crippen molar-refractivity contribution in [2.75, 3.05) is 18.4 Å². The number of anilines is 1. The number of hydrogen-bond acceptors (Lipinski definition) is 3. The van der Waals surface area contributed by atoms with Crippen molar-refractivity contribution in [3.63, 3.8) is 0 Å². The van der Waals surface area contributed by atoms with Crippen LogP contribution in [-0.4, -0.2) is 23.9 Å². The van der Waals surface area contributed by atoms with Crippen LogP contribution in [0.1, 0.15) is 29.5 Å².